The Labute approximate surface area is 243 Å². The first kappa shape index (κ1) is 31.7. The van der Waals surface area contributed by atoms with Crippen LogP contribution in [0, 0.1) is 23.2 Å². The molecule has 2 aliphatic heterocycles. The lowest BCUT2D eigenvalue weighted by Crippen LogP contribution is -2.49. The number of ether oxygens (including phenoxy) is 1. The molecule has 40 heavy (non-hydrogen) atoms. The summed E-state index contributed by atoms with van der Waals surface area (Å²) < 4.78 is 8.11. The first-order valence-corrected chi connectivity index (χ1v) is 16.3. The molecule has 3 rings (SSSR count). The molecular formula is C29H40N4O5S2. The minimum Gasteiger partial charge on any atom is -0.446 e. The molecule has 0 aliphatic carbocycles. The van der Waals surface area contributed by atoms with Crippen LogP contribution in [0.25, 0.3) is 0 Å². The Hall–Kier alpha value is -2.84. The van der Waals surface area contributed by atoms with Gasteiger partial charge in [-0.25, -0.2) is 4.79 Å². The maximum Gasteiger partial charge on any atom is 0.417 e. The average Bonchev–Trinajstić information content (AvgIpc) is 3.59. The predicted octanol–water partition coefficient (Wildman–Crippen LogP) is 3.75. The lowest BCUT2D eigenvalue weighted by Gasteiger charge is -2.24. The topological polar surface area (TPSA) is 137 Å². The molecule has 0 aromatic heterocycles. The predicted molar refractivity (Wildman–Crippen MR) is 160 cm³/mol. The van der Waals surface area contributed by atoms with Crippen LogP contribution in [0.1, 0.15) is 58.4 Å². The fraction of sp³-hybridized carbons (Fsp3) is 0.586. The molecule has 2 fully saturated rings. The van der Waals surface area contributed by atoms with Crippen molar-refractivity contribution in [1.29, 1.82) is 5.26 Å². The van der Waals surface area contributed by atoms with Gasteiger partial charge in [0.1, 0.15) is 22.3 Å². The molecule has 3 amide bonds. The van der Waals surface area contributed by atoms with E-state index in [9.17, 15) is 24.4 Å². The molecule has 4 atom stereocenters. The minimum absolute atomic E-state index is 0.133. The van der Waals surface area contributed by atoms with Gasteiger partial charge in [0, 0.05) is 18.9 Å². The summed E-state index contributed by atoms with van der Waals surface area (Å²) in [6.07, 6.45) is 2.66. The van der Waals surface area contributed by atoms with E-state index in [-0.39, 0.29) is 29.2 Å². The number of nitrogens with one attached hydrogen (secondary N) is 3. The molecule has 0 bridgehead atoms. The summed E-state index contributed by atoms with van der Waals surface area (Å²) >= 11 is 0.954. The lowest BCUT2D eigenvalue weighted by molar-refractivity contribution is -0.127. The first-order chi connectivity index (χ1) is 19.2. The monoisotopic (exact) mass is 588 g/mol. The third kappa shape index (κ3) is 9.66. The molecule has 1 unspecified atom stereocenters. The van der Waals surface area contributed by atoms with Crippen LogP contribution < -0.4 is 15.4 Å². The second-order valence-corrected chi connectivity index (χ2v) is 13.9. The van der Waals surface area contributed by atoms with Crippen LogP contribution in [0.4, 0.5) is 4.79 Å². The molecule has 11 heteroatoms. The van der Waals surface area contributed by atoms with Crippen LogP contribution in [-0.2, 0) is 25.5 Å². The SMILES string of the molecule is CC(C)C[C@H](SNC(=O)OC(C)Cc1ccccc1)C(=O)N[C@@H](C[C@@H]1CCNC1=O)C(=O)C(C#N)=S1CCCC1. The quantitative estimate of drug-likeness (QED) is 0.236. The first-order valence-electron chi connectivity index (χ1n) is 13.9. The molecule has 2 saturated heterocycles. The largest absolute Gasteiger partial charge is 0.446 e. The summed E-state index contributed by atoms with van der Waals surface area (Å²) in [5.74, 6) is 0.386. The highest BCUT2D eigenvalue weighted by atomic mass is 32.2. The zero-order chi connectivity index (χ0) is 29.1. The number of carbonyl (C=O) groups is 4. The van der Waals surface area contributed by atoms with Gasteiger partial charge in [-0.05, 0) is 74.0 Å². The molecule has 0 saturated carbocycles. The van der Waals surface area contributed by atoms with Gasteiger partial charge in [0.15, 0.2) is 0 Å². The van der Waals surface area contributed by atoms with Gasteiger partial charge in [0.2, 0.25) is 17.6 Å². The second-order valence-electron chi connectivity index (χ2n) is 10.7. The van der Waals surface area contributed by atoms with Gasteiger partial charge >= 0.3 is 6.09 Å². The third-order valence-corrected chi connectivity index (χ3v) is 10.3. The van der Waals surface area contributed by atoms with Gasteiger partial charge < -0.3 is 15.4 Å². The van der Waals surface area contributed by atoms with Crippen molar-refractivity contribution >= 4 is 51.0 Å². The van der Waals surface area contributed by atoms with Crippen molar-refractivity contribution in [1.82, 2.24) is 15.4 Å². The van der Waals surface area contributed by atoms with E-state index >= 15 is 0 Å². The van der Waals surface area contributed by atoms with E-state index in [4.69, 9.17) is 4.74 Å². The second kappa shape index (κ2) is 15.8. The highest BCUT2D eigenvalue weighted by Gasteiger charge is 2.35. The van der Waals surface area contributed by atoms with Gasteiger partial charge in [-0.3, -0.25) is 19.1 Å². The van der Waals surface area contributed by atoms with Crippen molar-refractivity contribution in [3.05, 3.63) is 35.9 Å². The van der Waals surface area contributed by atoms with Crippen LogP contribution >= 0.6 is 22.4 Å². The summed E-state index contributed by atoms with van der Waals surface area (Å²) in [4.78, 5) is 52.1. The van der Waals surface area contributed by atoms with E-state index in [0.29, 0.717) is 25.8 Å². The van der Waals surface area contributed by atoms with Crippen LogP contribution in [-0.4, -0.2) is 64.0 Å². The lowest BCUT2D eigenvalue weighted by atomic mass is 9.94. The van der Waals surface area contributed by atoms with Gasteiger partial charge in [-0.2, -0.15) is 15.7 Å². The van der Waals surface area contributed by atoms with E-state index in [1.54, 1.807) is 6.92 Å². The van der Waals surface area contributed by atoms with Crippen molar-refractivity contribution in [2.75, 3.05) is 18.1 Å². The van der Waals surface area contributed by atoms with E-state index in [2.05, 4.69) is 21.4 Å². The summed E-state index contributed by atoms with van der Waals surface area (Å²) in [5.41, 5.74) is 1.05. The number of ketones is 1. The minimum atomic E-state index is -0.975. The Bertz CT molecular complexity index is 1130. The van der Waals surface area contributed by atoms with Crippen molar-refractivity contribution in [3.8, 4) is 6.07 Å². The van der Waals surface area contributed by atoms with E-state index in [1.807, 2.05) is 44.2 Å². The third-order valence-electron chi connectivity index (χ3n) is 6.90. The van der Waals surface area contributed by atoms with Crippen molar-refractivity contribution in [3.63, 3.8) is 0 Å². The normalized spacial score (nSPS) is 19.3. The Kier molecular flexibility index (Phi) is 12.5. The number of rotatable bonds is 13. The molecular weight excluding hydrogens is 548 g/mol. The fourth-order valence-electron chi connectivity index (χ4n) is 4.88. The molecule has 0 radical (unpaired) electrons. The highest BCUT2D eigenvalue weighted by molar-refractivity contribution is 8.17. The zero-order valence-corrected chi connectivity index (χ0v) is 25.1. The van der Waals surface area contributed by atoms with E-state index in [0.717, 1.165) is 41.9 Å². The number of benzene rings is 1. The molecule has 2 aliphatic rings. The fourth-order valence-corrected chi connectivity index (χ4v) is 8.10. The summed E-state index contributed by atoms with van der Waals surface area (Å²) in [5, 5.41) is 14.8. The van der Waals surface area contributed by atoms with Gasteiger partial charge in [-0.15, -0.1) is 0 Å². The number of Topliss-reactive ketones (excluding diaryl/α,β-unsaturated/α-hetero) is 1. The number of nitriles is 1. The highest BCUT2D eigenvalue weighted by Crippen LogP contribution is 2.28. The van der Waals surface area contributed by atoms with Gasteiger partial charge in [-0.1, -0.05) is 44.2 Å². The van der Waals surface area contributed by atoms with Crippen LogP contribution in [0.3, 0.4) is 0 Å². The van der Waals surface area contributed by atoms with Gasteiger partial charge in [0.05, 0.1) is 6.04 Å². The number of carbonyl (C=O) groups excluding carboxylic acids is 4. The molecule has 218 valence electrons. The number of amides is 3. The van der Waals surface area contributed by atoms with Crippen molar-refractivity contribution in [2.45, 2.75) is 76.7 Å². The van der Waals surface area contributed by atoms with Crippen LogP contribution in [0.2, 0.25) is 0 Å². The maximum absolute atomic E-state index is 13.6. The molecule has 9 nitrogen and oxygen atoms in total. The molecule has 3 N–H and O–H groups in total. The van der Waals surface area contributed by atoms with E-state index in [1.165, 1.54) is 0 Å². The Balaban J connectivity index is 1.67. The zero-order valence-electron chi connectivity index (χ0n) is 23.4. The standard InChI is InChI=1S/C29H40N4O5S2/c1-19(2)15-24(39-33-29(37)38-20(3)16-21-9-5-4-6-10-21)28(36)32-23(17-22-11-12-31-27(22)35)26(34)25(18-30)40-13-7-8-14-40/h4-6,9-10,19-20,22-24H,7-8,11-17H2,1-3H3,(H,31,35)(H,32,36)(H,33,37)/t20?,22-,23-,24-/m0/s1. The Morgan fingerprint density at radius 2 is 1.88 bits per heavy atom. The molecule has 0 spiro atoms. The molecule has 1 aromatic carbocycles. The van der Waals surface area contributed by atoms with Crippen molar-refractivity contribution in [2.24, 2.45) is 11.8 Å². The number of nitrogens with zero attached hydrogens (tertiary/aromatic N) is 1. The van der Waals surface area contributed by atoms with Crippen molar-refractivity contribution < 1.29 is 23.9 Å². The Morgan fingerprint density at radius 1 is 1.18 bits per heavy atom. The summed E-state index contributed by atoms with van der Waals surface area (Å²) in [7, 11) is -0.417. The van der Waals surface area contributed by atoms with E-state index < -0.39 is 45.5 Å². The van der Waals surface area contributed by atoms with Crippen LogP contribution in [0.15, 0.2) is 30.3 Å². The summed E-state index contributed by atoms with van der Waals surface area (Å²) in [6, 6.07) is 10.8. The molecule has 1 aromatic rings. The molecule has 2 heterocycles. The Morgan fingerprint density at radius 3 is 2.48 bits per heavy atom. The summed E-state index contributed by atoms with van der Waals surface area (Å²) in [6.45, 7) is 6.27. The number of hydrogen-bond donors (Lipinski definition) is 3. The maximum atomic E-state index is 13.6. The number of hydrogen-bond acceptors (Lipinski definition) is 7. The van der Waals surface area contributed by atoms with Crippen LogP contribution in [0.5, 0.6) is 0 Å². The average molecular weight is 589 g/mol. The van der Waals surface area contributed by atoms with Gasteiger partial charge in [0.25, 0.3) is 0 Å². The smallest absolute Gasteiger partial charge is 0.417 e.